The van der Waals surface area contributed by atoms with Crippen LogP contribution in [0.4, 0.5) is 5.69 Å². The molecule has 0 fully saturated rings. The molecule has 0 radical (unpaired) electrons. The number of ether oxygens (including phenoxy) is 1. The van der Waals surface area contributed by atoms with E-state index in [1.165, 1.54) is 0 Å². The van der Waals surface area contributed by atoms with E-state index in [0.29, 0.717) is 25.3 Å². The summed E-state index contributed by atoms with van der Waals surface area (Å²) in [5.41, 5.74) is 1.44. The number of aliphatic hydroxyl groups excluding tert-OH is 2. The van der Waals surface area contributed by atoms with Gasteiger partial charge in [-0.1, -0.05) is 0 Å². The third-order valence-corrected chi connectivity index (χ3v) is 3.08. The van der Waals surface area contributed by atoms with Crippen molar-refractivity contribution < 1.29 is 24.2 Å². The van der Waals surface area contributed by atoms with Gasteiger partial charge in [0.25, 0.3) is 0 Å². The first-order valence-corrected chi connectivity index (χ1v) is 6.87. The first-order valence-electron chi connectivity index (χ1n) is 6.87. The van der Waals surface area contributed by atoms with Crippen molar-refractivity contribution in [3.8, 4) is 0 Å². The van der Waals surface area contributed by atoms with Crippen molar-refractivity contribution in [2.75, 3.05) is 37.8 Å². The molecule has 0 amide bonds. The SMILES string of the molecule is CCOC(=O)c1cc2cc(N(CCO)CCO)ccc2o1. The normalized spacial score (nSPS) is 10.8. The van der Waals surface area contributed by atoms with E-state index in [9.17, 15) is 4.79 Å². The molecule has 114 valence electrons. The number of fused-ring (bicyclic) bond motifs is 1. The van der Waals surface area contributed by atoms with Crippen molar-refractivity contribution in [3.05, 3.63) is 30.0 Å². The molecule has 0 aliphatic heterocycles. The van der Waals surface area contributed by atoms with Gasteiger partial charge in [0.1, 0.15) is 5.58 Å². The summed E-state index contributed by atoms with van der Waals surface area (Å²) in [5, 5.41) is 18.9. The van der Waals surface area contributed by atoms with Gasteiger partial charge in [-0.25, -0.2) is 4.79 Å². The number of aliphatic hydroxyl groups is 2. The molecule has 1 aromatic heterocycles. The maximum absolute atomic E-state index is 11.6. The molecular weight excluding hydrogens is 274 g/mol. The second-order valence-electron chi connectivity index (χ2n) is 4.49. The molecule has 0 unspecified atom stereocenters. The minimum atomic E-state index is -0.488. The quantitative estimate of drug-likeness (QED) is 0.751. The highest BCUT2D eigenvalue weighted by Gasteiger charge is 2.14. The van der Waals surface area contributed by atoms with E-state index in [0.717, 1.165) is 11.1 Å². The Labute approximate surface area is 122 Å². The molecule has 0 atom stereocenters. The molecule has 6 heteroatoms. The van der Waals surface area contributed by atoms with Crippen LogP contribution in [0, 0.1) is 0 Å². The fourth-order valence-electron chi connectivity index (χ4n) is 2.14. The first-order chi connectivity index (χ1) is 10.2. The van der Waals surface area contributed by atoms with Crippen molar-refractivity contribution in [1.29, 1.82) is 0 Å². The molecule has 0 aliphatic rings. The van der Waals surface area contributed by atoms with Gasteiger partial charge in [0.2, 0.25) is 5.76 Å². The van der Waals surface area contributed by atoms with Crippen LogP contribution in [-0.4, -0.2) is 49.1 Å². The third kappa shape index (κ3) is 3.53. The summed E-state index contributed by atoms with van der Waals surface area (Å²) in [5.74, 6) is -0.322. The summed E-state index contributed by atoms with van der Waals surface area (Å²) < 4.78 is 10.3. The monoisotopic (exact) mass is 293 g/mol. The van der Waals surface area contributed by atoms with Crippen LogP contribution in [0.1, 0.15) is 17.5 Å². The molecule has 0 aliphatic carbocycles. The summed E-state index contributed by atoms with van der Waals surface area (Å²) in [6.07, 6.45) is 0. The van der Waals surface area contributed by atoms with E-state index in [4.69, 9.17) is 19.4 Å². The van der Waals surface area contributed by atoms with E-state index < -0.39 is 5.97 Å². The first kappa shape index (κ1) is 15.3. The Morgan fingerprint density at radius 2 is 1.95 bits per heavy atom. The van der Waals surface area contributed by atoms with Crippen LogP contribution < -0.4 is 4.90 Å². The number of anilines is 1. The van der Waals surface area contributed by atoms with E-state index >= 15 is 0 Å². The zero-order valence-corrected chi connectivity index (χ0v) is 11.9. The number of hydrogen-bond acceptors (Lipinski definition) is 6. The Bertz CT molecular complexity index is 601. The standard InChI is InChI=1S/C15H19NO5/c1-2-20-15(19)14-10-11-9-12(3-4-13(11)21-14)16(5-7-17)6-8-18/h3-4,9-10,17-18H,2,5-8H2,1H3. The number of carbonyl (C=O) groups is 1. The van der Waals surface area contributed by atoms with Crippen LogP contribution in [0.25, 0.3) is 11.0 Å². The number of rotatable bonds is 7. The molecule has 1 heterocycles. The summed E-state index contributed by atoms with van der Waals surface area (Å²) in [6.45, 7) is 2.88. The Morgan fingerprint density at radius 3 is 2.57 bits per heavy atom. The second kappa shape index (κ2) is 7.10. The van der Waals surface area contributed by atoms with E-state index in [-0.39, 0.29) is 19.0 Å². The summed E-state index contributed by atoms with van der Waals surface area (Å²) >= 11 is 0. The van der Waals surface area contributed by atoms with E-state index in [1.807, 2.05) is 17.0 Å². The van der Waals surface area contributed by atoms with Crippen LogP contribution in [0.5, 0.6) is 0 Å². The highest BCUT2D eigenvalue weighted by atomic mass is 16.5. The Balaban J connectivity index is 2.30. The molecule has 21 heavy (non-hydrogen) atoms. The molecule has 2 aromatic rings. The highest BCUT2D eigenvalue weighted by molar-refractivity contribution is 5.93. The maximum Gasteiger partial charge on any atom is 0.374 e. The van der Waals surface area contributed by atoms with Crippen molar-refractivity contribution in [2.24, 2.45) is 0 Å². The van der Waals surface area contributed by atoms with Gasteiger partial charge in [-0.3, -0.25) is 0 Å². The zero-order chi connectivity index (χ0) is 15.2. The molecule has 0 saturated carbocycles. The third-order valence-electron chi connectivity index (χ3n) is 3.08. The van der Waals surface area contributed by atoms with Crippen LogP contribution in [0.2, 0.25) is 0 Å². The molecule has 6 nitrogen and oxygen atoms in total. The fourth-order valence-corrected chi connectivity index (χ4v) is 2.14. The zero-order valence-electron chi connectivity index (χ0n) is 11.9. The summed E-state index contributed by atoms with van der Waals surface area (Å²) in [6, 6.07) is 7.07. The molecule has 0 spiro atoms. The van der Waals surface area contributed by atoms with Gasteiger partial charge in [0, 0.05) is 24.2 Å². The summed E-state index contributed by atoms with van der Waals surface area (Å²) in [7, 11) is 0. The second-order valence-corrected chi connectivity index (χ2v) is 4.49. The predicted octanol–water partition coefficient (Wildman–Crippen LogP) is 1.40. The lowest BCUT2D eigenvalue weighted by Gasteiger charge is -2.22. The predicted molar refractivity (Wildman–Crippen MR) is 78.6 cm³/mol. The van der Waals surface area contributed by atoms with Gasteiger partial charge in [-0.15, -0.1) is 0 Å². The van der Waals surface area contributed by atoms with Gasteiger partial charge in [-0.05, 0) is 31.2 Å². The Morgan fingerprint density at radius 1 is 1.24 bits per heavy atom. The van der Waals surface area contributed by atoms with Crippen molar-refractivity contribution >= 4 is 22.6 Å². The van der Waals surface area contributed by atoms with Gasteiger partial charge in [0.05, 0.1) is 19.8 Å². The van der Waals surface area contributed by atoms with Crippen LogP contribution in [-0.2, 0) is 4.74 Å². The van der Waals surface area contributed by atoms with Crippen molar-refractivity contribution in [2.45, 2.75) is 6.92 Å². The average Bonchev–Trinajstić information content (AvgIpc) is 2.90. The molecule has 2 rings (SSSR count). The fraction of sp³-hybridized carbons (Fsp3) is 0.400. The van der Waals surface area contributed by atoms with Gasteiger partial charge >= 0.3 is 5.97 Å². The average molecular weight is 293 g/mol. The number of furan rings is 1. The number of nitrogens with zero attached hydrogens (tertiary/aromatic N) is 1. The number of carbonyl (C=O) groups excluding carboxylic acids is 1. The number of benzene rings is 1. The van der Waals surface area contributed by atoms with Gasteiger partial charge in [0.15, 0.2) is 0 Å². The molecule has 1 aromatic carbocycles. The van der Waals surface area contributed by atoms with Crippen LogP contribution in [0.15, 0.2) is 28.7 Å². The number of hydrogen-bond donors (Lipinski definition) is 2. The van der Waals surface area contributed by atoms with Gasteiger partial charge in [-0.2, -0.15) is 0 Å². The molecule has 0 saturated heterocycles. The topological polar surface area (TPSA) is 83.1 Å². The molecular formula is C15H19NO5. The van der Waals surface area contributed by atoms with E-state index in [2.05, 4.69) is 0 Å². The van der Waals surface area contributed by atoms with Crippen molar-refractivity contribution in [3.63, 3.8) is 0 Å². The molecule has 2 N–H and O–H groups in total. The minimum Gasteiger partial charge on any atom is -0.460 e. The van der Waals surface area contributed by atoms with E-state index in [1.54, 1.807) is 19.1 Å². The van der Waals surface area contributed by atoms with Crippen LogP contribution in [0.3, 0.4) is 0 Å². The lowest BCUT2D eigenvalue weighted by Crippen LogP contribution is -2.29. The smallest absolute Gasteiger partial charge is 0.374 e. The van der Waals surface area contributed by atoms with Gasteiger partial charge < -0.3 is 24.3 Å². The lowest BCUT2D eigenvalue weighted by atomic mass is 10.2. The Kier molecular flexibility index (Phi) is 5.19. The minimum absolute atomic E-state index is 0.00248. The van der Waals surface area contributed by atoms with Crippen LogP contribution >= 0.6 is 0 Å². The number of esters is 1. The molecule has 0 bridgehead atoms. The Hall–Kier alpha value is -2.05. The lowest BCUT2D eigenvalue weighted by molar-refractivity contribution is 0.0492. The largest absolute Gasteiger partial charge is 0.460 e. The van der Waals surface area contributed by atoms with Crippen molar-refractivity contribution in [1.82, 2.24) is 0 Å². The maximum atomic E-state index is 11.6. The summed E-state index contributed by atoms with van der Waals surface area (Å²) in [4.78, 5) is 13.5. The highest BCUT2D eigenvalue weighted by Crippen LogP contribution is 2.25.